The molecule has 0 radical (unpaired) electrons. The number of fused-ring (bicyclic) bond motifs is 1. The SMILES string of the molecule is O=C(Nc1ccc(F)cc1)c1cc2n(n1)CC(c1ccc(F)cc1)OC2. The first kappa shape index (κ1) is 16.4. The second-order valence-electron chi connectivity index (χ2n) is 6.02. The highest BCUT2D eigenvalue weighted by atomic mass is 19.1. The number of carbonyl (C=O) groups is 1. The maximum Gasteiger partial charge on any atom is 0.276 e. The Labute approximate surface area is 148 Å². The van der Waals surface area contributed by atoms with Gasteiger partial charge in [-0.15, -0.1) is 0 Å². The lowest BCUT2D eigenvalue weighted by atomic mass is 10.1. The summed E-state index contributed by atoms with van der Waals surface area (Å²) in [5, 5.41) is 7.01. The van der Waals surface area contributed by atoms with E-state index >= 15 is 0 Å². The number of aromatic nitrogens is 2. The van der Waals surface area contributed by atoms with Gasteiger partial charge in [-0.3, -0.25) is 9.48 Å². The third-order valence-electron chi connectivity index (χ3n) is 4.21. The predicted octanol–water partition coefficient (Wildman–Crippen LogP) is 3.69. The topological polar surface area (TPSA) is 56.2 Å². The number of ether oxygens (including phenoxy) is 1. The van der Waals surface area contributed by atoms with E-state index in [0.717, 1.165) is 11.3 Å². The standard InChI is InChI=1S/C19H15F2N3O2/c20-13-3-1-12(2-4-13)18-10-24-16(11-26-18)9-17(23-24)19(25)22-15-7-5-14(21)6-8-15/h1-9,18H,10-11H2,(H,22,25). The number of benzene rings is 2. The van der Waals surface area contributed by atoms with E-state index < -0.39 is 0 Å². The minimum atomic E-state index is -0.378. The third kappa shape index (κ3) is 3.34. The molecule has 1 unspecified atom stereocenters. The molecule has 0 saturated heterocycles. The van der Waals surface area contributed by atoms with Gasteiger partial charge in [0.25, 0.3) is 5.91 Å². The summed E-state index contributed by atoms with van der Waals surface area (Å²) in [5.74, 6) is -1.05. The Morgan fingerprint density at radius 3 is 2.42 bits per heavy atom. The minimum absolute atomic E-state index is 0.254. The zero-order chi connectivity index (χ0) is 18.1. The first-order valence-corrected chi connectivity index (χ1v) is 8.09. The van der Waals surface area contributed by atoms with Gasteiger partial charge in [0.05, 0.1) is 18.8 Å². The van der Waals surface area contributed by atoms with E-state index in [-0.39, 0.29) is 29.3 Å². The zero-order valence-corrected chi connectivity index (χ0v) is 13.7. The average Bonchev–Trinajstić information content (AvgIpc) is 3.08. The van der Waals surface area contributed by atoms with Crippen molar-refractivity contribution >= 4 is 11.6 Å². The van der Waals surface area contributed by atoms with Crippen molar-refractivity contribution in [2.45, 2.75) is 19.3 Å². The molecule has 1 atom stereocenters. The fourth-order valence-corrected chi connectivity index (χ4v) is 2.84. The summed E-state index contributed by atoms with van der Waals surface area (Å²) in [6, 6.07) is 13.3. The lowest BCUT2D eigenvalue weighted by Gasteiger charge is -2.24. The molecule has 7 heteroatoms. The van der Waals surface area contributed by atoms with Gasteiger partial charge in [-0.05, 0) is 48.0 Å². The molecule has 4 rings (SSSR count). The largest absolute Gasteiger partial charge is 0.365 e. The van der Waals surface area contributed by atoms with E-state index in [1.54, 1.807) is 22.9 Å². The van der Waals surface area contributed by atoms with Crippen LogP contribution in [0.4, 0.5) is 14.5 Å². The number of nitrogens with one attached hydrogen (secondary N) is 1. The van der Waals surface area contributed by atoms with E-state index in [0.29, 0.717) is 18.8 Å². The number of hydrogen-bond acceptors (Lipinski definition) is 3. The third-order valence-corrected chi connectivity index (χ3v) is 4.21. The molecule has 0 aliphatic carbocycles. The van der Waals surface area contributed by atoms with Crippen LogP contribution in [0.5, 0.6) is 0 Å². The van der Waals surface area contributed by atoms with Gasteiger partial charge in [-0.2, -0.15) is 5.10 Å². The average molecular weight is 355 g/mol. The highest BCUT2D eigenvalue weighted by molar-refractivity contribution is 6.02. The molecule has 2 heterocycles. The van der Waals surface area contributed by atoms with Crippen LogP contribution in [0.2, 0.25) is 0 Å². The zero-order valence-electron chi connectivity index (χ0n) is 13.7. The number of amides is 1. The van der Waals surface area contributed by atoms with Crippen LogP contribution in [0.15, 0.2) is 54.6 Å². The van der Waals surface area contributed by atoms with Crippen molar-refractivity contribution in [2.24, 2.45) is 0 Å². The Morgan fingerprint density at radius 1 is 1.08 bits per heavy atom. The molecule has 1 N–H and O–H groups in total. The van der Waals surface area contributed by atoms with Crippen LogP contribution < -0.4 is 5.32 Å². The van der Waals surface area contributed by atoms with E-state index in [2.05, 4.69) is 10.4 Å². The summed E-state index contributed by atoms with van der Waals surface area (Å²) in [6.45, 7) is 0.740. The van der Waals surface area contributed by atoms with Crippen LogP contribution in [0.25, 0.3) is 0 Å². The fourth-order valence-electron chi connectivity index (χ4n) is 2.84. The van der Waals surface area contributed by atoms with Crippen molar-refractivity contribution in [1.29, 1.82) is 0 Å². The fraction of sp³-hybridized carbons (Fsp3) is 0.158. The lowest BCUT2D eigenvalue weighted by molar-refractivity contribution is -0.00122. The Hall–Kier alpha value is -3.06. The molecule has 3 aromatic rings. The van der Waals surface area contributed by atoms with E-state index in [9.17, 15) is 13.6 Å². The number of rotatable bonds is 3. The Bertz CT molecular complexity index is 936. The molecule has 0 saturated carbocycles. The number of nitrogens with zero attached hydrogens (tertiary/aromatic N) is 2. The van der Waals surface area contributed by atoms with Gasteiger partial charge in [0.1, 0.15) is 17.7 Å². The molecule has 1 amide bonds. The van der Waals surface area contributed by atoms with Crippen molar-refractivity contribution in [2.75, 3.05) is 5.32 Å². The summed E-state index contributed by atoms with van der Waals surface area (Å²) in [5.41, 5.74) is 2.38. The minimum Gasteiger partial charge on any atom is -0.365 e. The predicted molar refractivity (Wildman–Crippen MR) is 90.5 cm³/mol. The molecule has 1 aliphatic heterocycles. The number of halogens is 2. The van der Waals surface area contributed by atoms with Gasteiger partial charge in [-0.1, -0.05) is 12.1 Å². The molecular weight excluding hydrogens is 340 g/mol. The Morgan fingerprint density at radius 2 is 1.73 bits per heavy atom. The molecule has 1 aromatic heterocycles. The van der Waals surface area contributed by atoms with Crippen molar-refractivity contribution in [1.82, 2.24) is 9.78 Å². The maximum absolute atomic E-state index is 13.1. The molecule has 5 nitrogen and oxygen atoms in total. The number of carbonyl (C=O) groups excluding carboxylic acids is 1. The summed E-state index contributed by atoms with van der Waals surface area (Å²) in [4.78, 5) is 12.3. The van der Waals surface area contributed by atoms with Gasteiger partial charge in [0.15, 0.2) is 5.69 Å². The summed E-state index contributed by atoms with van der Waals surface area (Å²) in [7, 11) is 0. The van der Waals surface area contributed by atoms with Crippen molar-refractivity contribution in [3.05, 3.63) is 83.2 Å². The lowest BCUT2D eigenvalue weighted by Crippen LogP contribution is -2.22. The van der Waals surface area contributed by atoms with Crippen LogP contribution >= 0.6 is 0 Å². The molecule has 0 fully saturated rings. The molecule has 0 spiro atoms. The van der Waals surface area contributed by atoms with Crippen molar-refractivity contribution in [3.8, 4) is 0 Å². The van der Waals surface area contributed by atoms with Crippen molar-refractivity contribution in [3.63, 3.8) is 0 Å². The highest BCUT2D eigenvalue weighted by Crippen LogP contribution is 2.27. The molecule has 0 bridgehead atoms. The molecule has 2 aromatic carbocycles. The molecule has 132 valence electrons. The Balaban J connectivity index is 1.49. The van der Waals surface area contributed by atoms with E-state index in [4.69, 9.17) is 4.74 Å². The first-order chi connectivity index (χ1) is 12.6. The van der Waals surface area contributed by atoms with Gasteiger partial charge >= 0.3 is 0 Å². The normalized spacial score (nSPS) is 16.2. The molecule has 1 aliphatic rings. The second-order valence-corrected chi connectivity index (χ2v) is 6.02. The van der Waals surface area contributed by atoms with E-state index in [1.807, 2.05) is 0 Å². The first-order valence-electron chi connectivity index (χ1n) is 8.09. The van der Waals surface area contributed by atoms with Crippen LogP contribution in [0.3, 0.4) is 0 Å². The van der Waals surface area contributed by atoms with Crippen LogP contribution in [0, 0.1) is 11.6 Å². The summed E-state index contributed by atoms with van der Waals surface area (Å²) < 4.78 is 33.5. The van der Waals surface area contributed by atoms with Gasteiger partial charge in [0.2, 0.25) is 0 Å². The number of hydrogen-bond donors (Lipinski definition) is 1. The smallest absolute Gasteiger partial charge is 0.276 e. The van der Waals surface area contributed by atoms with Gasteiger partial charge in [-0.25, -0.2) is 8.78 Å². The quantitative estimate of drug-likeness (QED) is 0.780. The molecule has 26 heavy (non-hydrogen) atoms. The monoisotopic (exact) mass is 355 g/mol. The Kier molecular flexibility index (Phi) is 4.22. The van der Waals surface area contributed by atoms with E-state index in [1.165, 1.54) is 36.4 Å². The summed E-state index contributed by atoms with van der Waals surface area (Å²) >= 11 is 0. The highest BCUT2D eigenvalue weighted by Gasteiger charge is 2.24. The van der Waals surface area contributed by atoms with Crippen molar-refractivity contribution < 1.29 is 18.3 Å². The van der Waals surface area contributed by atoms with Crippen LogP contribution in [-0.4, -0.2) is 15.7 Å². The van der Waals surface area contributed by atoms with Crippen LogP contribution in [0.1, 0.15) is 27.8 Å². The number of anilines is 1. The molecular formula is C19H15F2N3O2. The summed E-state index contributed by atoms with van der Waals surface area (Å²) in [6.07, 6.45) is -0.254. The van der Waals surface area contributed by atoms with Gasteiger partial charge < -0.3 is 10.1 Å². The van der Waals surface area contributed by atoms with Crippen LogP contribution in [-0.2, 0) is 17.9 Å². The second kappa shape index (κ2) is 6.68. The van der Waals surface area contributed by atoms with Gasteiger partial charge in [0, 0.05) is 5.69 Å². The maximum atomic E-state index is 13.1.